The predicted octanol–water partition coefficient (Wildman–Crippen LogP) is 1.68. The van der Waals surface area contributed by atoms with Crippen molar-refractivity contribution in [2.24, 2.45) is 4.99 Å². The average molecular weight is 397 g/mol. The van der Waals surface area contributed by atoms with Crippen molar-refractivity contribution in [2.45, 2.75) is 25.1 Å². The summed E-state index contributed by atoms with van der Waals surface area (Å²) < 4.78 is 14.0. The van der Waals surface area contributed by atoms with Gasteiger partial charge in [-0.1, -0.05) is 0 Å². The van der Waals surface area contributed by atoms with Gasteiger partial charge in [0.05, 0.1) is 6.54 Å². The van der Waals surface area contributed by atoms with Crippen LogP contribution in [0.1, 0.15) is 17.8 Å². The molecule has 0 saturated carbocycles. The number of nitrogens with one attached hydrogen (secondary N) is 1. The second-order valence-electron chi connectivity index (χ2n) is 6.21. The molecule has 1 aromatic rings. The first-order chi connectivity index (χ1) is 12.7. The molecule has 0 aromatic carbocycles. The molecule has 9 heteroatoms. The number of hydrogen-bond donors (Lipinski definition) is 1. The largest absolute Gasteiger partial charge is 0.340 e. The minimum Gasteiger partial charge on any atom is -0.340 e. The van der Waals surface area contributed by atoms with E-state index in [0.29, 0.717) is 43.2 Å². The van der Waals surface area contributed by atoms with Crippen LogP contribution >= 0.6 is 23.1 Å². The Labute approximate surface area is 160 Å². The summed E-state index contributed by atoms with van der Waals surface area (Å²) in [5, 5.41) is 5.87. The third-order valence-corrected chi connectivity index (χ3v) is 6.23. The Morgan fingerprint density at radius 2 is 2.31 bits per heavy atom. The van der Waals surface area contributed by atoms with E-state index in [2.05, 4.69) is 20.2 Å². The molecule has 1 aromatic heterocycles. The summed E-state index contributed by atoms with van der Waals surface area (Å²) in [4.78, 5) is 32.7. The smallest absolute Gasteiger partial charge is 0.162 e. The number of hydrogen-bond acceptors (Lipinski definition) is 8. The van der Waals surface area contributed by atoms with E-state index in [0.717, 1.165) is 35.5 Å². The molecule has 0 spiro atoms. The fraction of sp³-hybridized carbons (Fsp3) is 0.529. The number of carbonyl (C=O) groups excluding carboxylic acids is 2. The lowest BCUT2D eigenvalue weighted by molar-refractivity contribution is -0.106. The van der Waals surface area contributed by atoms with Crippen molar-refractivity contribution < 1.29 is 14.0 Å². The van der Waals surface area contributed by atoms with E-state index in [1.54, 1.807) is 18.0 Å². The van der Waals surface area contributed by atoms with Crippen LogP contribution in [0.5, 0.6) is 0 Å². The molecule has 2 aliphatic rings. The van der Waals surface area contributed by atoms with Gasteiger partial charge in [0, 0.05) is 53.5 Å². The maximum atomic E-state index is 14.0. The number of alkyl halides is 1. The maximum Gasteiger partial charge on any atom is 0.162 e. The van der Waals surface area contributed by atoms with Crippen LogP contribution in [0.15, 0.2) is 27.8 Å². The van der Waals surface area contributed by atoms with Crippen molar-refractivity contribution in [3.8, 4) is 0 Å². The first-order valence-corrected chi connectivity index (χ1v) is 10.5. The van der Waals surface area contributed by atoms with Crippen LogP contribution in [0.3, 0.4) is 0 Å². The number of aromatic nitrogens is 1. The van der Waals surface area contributed by atoms with E-state index in [1.807, 2.05) is 5.38 Å². The minimum absolute atomic E-state index is 0.191. The highest BCUT2D eigenvalue weighted by atomic mass is 32.2. The van der Waals surface area contributed by atoms with Gasteiger partial charge in [-0.25, -0.2) is 9.37 Å². The van der Waals surface area contributed by atoms with Gasteiger partial charge in [0.2, 0.25) is 0 Å². The van der Waals surface area contributed by atoms with Crippen LogP contribution < -0.4 is 5.32 Å². The molecule has 0 bridgehead atoms. The summed E-state index contributed by atoms with van der Waals surface area (Å²) in [5.74, 6) is 1.88. The lowest BCUT2D eigenvalue weighted by Crippen LogP contribution is -2.48. The van der Waals surface area contributed by atoms with Gasteiger partial charge >= 0.3 is 0 Å². The number of halogens is 1. The summed E-state index contributed by atoms with van der Waals surface area (Å²) in [6.07, 6.45) is 3.85. The lowest BCUT2D eigenvalue weighted by atomic mass is 10.0. The van der Waals surface area contributed by atoms with Gasteiger partial charge < -0.3 is 10.1 Å². The highest BCUT2D eigenvalue weighted by molar-refractivity contribution is 7.99. The van der Waals surface area contributed by atoms with E-state index in [1.165, 1.54) is 11.3 Å². The zero-order valence-electron chi connectivity index (χ0n) is 14.3. The summed E-state index contributed by atoms with van der Waals surface area (Å²) in [6, 6.07) is 0.191. The minimum atomic E-state index is -0.863. The summed E-state index contributed by atoms with van der Waals surface area (Å²) in [5.41, 5.74) is 1.35. The van der Waals surface area contributed by atoms with Crippen molar-refractivity contribution >= 4 is 41.5 Å². The number of thiazole rings is 1. The first-order valence-electron chi connectivity index (χ1n) is 8.49. The van der Waals surface area contributed by atoms with Gasteiger partial charge in [0.15, 0.2) is 10.8 Å². The van der Waals surface area contributed by atoms with Crippen molar-refractivity contribution in [1.82, 2.24) is 15.2 Å². The third kappa shape index (κ3) is 4.77. The fourth-order valence-electron chi connectivity index (χ4n) is 3.12. The van der Waals surface area contributed by atoms with Gasteiger partial charge in [-0.2, -0.15) is 11.8 Å². The number of carbonyl (C=O) groups is 2. The highest BCUT2D eigenvalue weighted by Crippen LogP contribution is 2.24. The predicted molar refractivity (Wildman–Crippen MR) is 103 cm³/mol. The quantitative estimate of drug-likeness (QED) is 0.532. The zero-order chi connectivity index (χ0) is 18.4. The molecule has 0 radical (unpaired) electrons. The molecular formula is C17H21FN4O2S2. The van der Waals surface area contributed by atoms with Crippen LogP contribution in [0.4, 0.5) is 4.39 Å². The first kappa shape index (κ1) is 19.2. The van der Waals surface area contributed by atoms with Crippen LogP contribution in [0, 0.1) is 0 Å². The Balaban J connectivity index is 1.71. The number of thioether (sulfide) groups is 1. The fourth-order valence-corrected chi connectivity index (χ4v) is 4.60. The summed E-state index contributed by atoms with van der Waals surface area (Å²) in [7, 11) is 0. The molecule has 26 heavy (non-hydrogen) atoms. The van der Waals surface area contributed by atoms with Gasteiger partial charge in [0.1, 0.15) is 18.7 Å². The number of aldehydes is 2. The molecule has 2 unspecified atom stereocenters. The van der Waals surface area contributed by atoms with E-state index in [4.69, 9.17) is 0 Å². The molecule has 3 heterocycles. The molecule has 0 amide bonds. The van der Waals surface area contributed by atoms with Crippen molar-refractivity contribution in [2.75, 3.05) is 31.1 Å². The van der Waals surface area contributed by atoms with E-state index in [-0.39, 0.29) is 6.04 Å². The SMILES string of the molecule is O=CCSCC1CCC(F)CN1CC1=C(C=O)CN=C(c2nccs2)N1. The van der Waals surface area contributed by atoms with Gasteiger partial charge in [-0.3, -0.25) is 14.7 Å². The molecule has 140 valence electrons. The number of piperidine rings is 1. The molecule has 3 rings (SSSR count). The average Bonchev–Trinajstić information content (AvgIpc) is 3.18. The number of aliphatic imine (C=N–C) groups is 1. The third-order valence-electron chi connectivity index (χ3n) is 4.46. The monoisotopic (exact) mass is 396 g/mol. The van der Waals surface area contributed by atoms with E-state index < -0.39 is 6.17 Å². The van der Waals surface area contributed by atoms with Crippen molar-refractivity contribution in [3.63, 3.8) is 0 Å². The molecule has 6 nitrogen and oxygen atoms in total. The zero-order valence-corrected chi connectivity index (χ0v) is 15.9. The second kappa shape index (κ2) is 9.38. The van der Waals surface area contributed by atoms with Crippen LogP contribution in [0.25, 0.3) is 0 Å². The topological polar surface area (TPSA) is 74.7 Å². The van der Waals surface area contributed by atoms with Crippen molar-refractivity contribution in [1.29, 1.82) is 0 Å². The Kier molecular flexibility index (Phi) is 6.93. The molecule has 2 atom stereocenters. The maximum absolute atomic E-state index is 14.0. The number of nitrogens with zero attached hydrogens (tertiary/aromatic N) is 3. The molecule has 1 fully saturated rings. The number of rotatable bonds is 8. The van der Waals surface area contributed by atoms with Gasteiger partial charge in [-0.15, -0.1) is 11.3 Å². The van der Waals surface area contributed by atoms with Crippen LogP contribution in [0.2, 0.25) is 0 Å². The molecule has 2 aliphatic heterocycles. The molecule has 1 N–H and O–H groups in total. The normalized spacial score (nSPS) is 24.1. The second-order valence-corrected chi connectivity index (χ2v) is 8.18. The van der Waals surface area contributed by atoms with E-state index in [9.17, 15) is 14.0 Å². The Morgan fingerprint density at radius 3 is 3.04 bits per heavy atom. The van der Waals surface area contributed by atoms with Gasteiger partial charge in [0.25, 0.3) is 0 Å². The lowest BCUT2D eigenvalue weighted by Gasteiger charge is -2.38. The van der Waals surface area contributed by atoms with Crippen LogP contribution in [-0.4, -0.2) is 71.6 Å². The van der Waals surface area contributed by atoms with Gasteiger partial charge in [-0.05, 0) is 12.8 Å². The number of likely N-dealkylation sites (tertiary alicyclic amines) is 1. The Bertz CT molecular complexity index is 693. The molecule has 1 saturated heterocycles. The summed E-state index contributed by atoms with van der Waals surface area (Å²) in [6.45, 7) is 1.11. The Morgan fingerprint density at radius 1 is 1.42 bits per heavy atom. The Hall–Kier alpha value is -1.58. The highest BCUT2D eigenvalue weighted by Gasteiger charge is 2.30. The summed E-state index contributed by atoms with van der Waals surface area (Å²) >= 11 is 3.04. The van der Waals surface area contributed by atoms with Crippen LogP contribution in [-0.2, 0) is 9.59 Å². The van der Waals surface area contributed by atoms with E-state index >= 15 is 0 Å². The molecule has 0 aliphatic carbocycles. The van der Waals surface area contributed by atoms with Crippen molar-refractivity contribution in [3.05, 3.63) is 27.9 Å². The standard InChI is InChI=1S/C17H21FN4O2S2/c18-13-1-2-14(11-25-6-4-23)22(8-13)9-15-12(10-24)7-20-16(21-15)17-19-3-5-26-17/h3-5,10,13-14H,1-2,6-9,11H2,(H,20,21). The molecular weight excluding hydrogens is 375 g/mol. The number of amidine groups is 1.